The van der Waals surface area contributed by atoms with E-state index in [1.807, 2.05) is 6.07 Å². The van der Waals surface area contributed by atoms with E-state index in [4.69, 9.17) is 0 Å². The van der Waals surface area contributed by atoms with Gasteiger partial charge in [0.2, 0.25) is 5.91 Å². The average molecular weight is 370 g/mol. The zero-order valence-corrected chi connectivity index (χ0v) is 15.7. The first kappa shape index (κ1) is 18.0. The summed E-state index contributed by atoms with van der Waals surface area (Å²) < 4.78 is 0. The van der Waals surface area contributed by atoms with Gasteiger partial charge in [0.25, 0.3) is 5.91 Å². The molecule has 1 aliphatic carbocycles. The summed E-state index contributed by atoms with van der Waals surface area (Å²) in [5.41, 5.74) is 2.83. The summed E-state index contributed by atoms with van der Waals surface area (Å²) >= 11 is 0. The Hall–Kier alpha value is -2.41. The Labute approximate surface area is 159 Å². The maximum Gasteiger partial charge on any atom is 0.327 e. The van der Waals surface area contributed by atoms with E-state index in [0.29, 0.717) is 19.4 Å². The first-order chi connectivity index (χ1) is 13.0. The van der Waals surface area contributed by atoms with E-state index < -0.39 is 5.54 Å². The van der Waals surface area contributed by atoms with Crippen molar-refractivity contribution in [1.82, 2.24) is 20.4 Å². The number of urea groups is 1. The highest BCUT2D eigenvalue weighted by atomic mass is 16.2. The zero-order valence-electron chi connectivity index (χ0n) is 15.7. The summed E-state index contributed by atoms with van der Waals surface area (Å²) in [6.07, 6.45) is 4.35. The van der Waals surface area contributed by atoms with E-state index in [9.17, 15) is 14.4 Å². The SMILES string of the molecule is CN1C(=O)N(CC(=O)NCc2ccc3c(c2)CNC3)C(=O)C12CCCCC2. The molecule has 7 heteroatoms. The van der Waals surface area contributed by atoms with Crippen LogP contribution in [0.1, 0.15) is 48.8 Å². The molecule has 1 saturated heterocycles. The monoisotopic (exact) mass is 370 g/mol. The van der Waals surface area contributed by atoms with Gasteiger partial charge in [0.15, 0.2) is 0 Å². The van der Waals surface area contributed by atoms with Crippen molar-refractivity contribution in [2.24, 2.45) is 0 Å². The van der Waals surface area contributed by atoms with E-state index in [1.165, 1.54) is 11.1 Å². The predicted octanol–water partition coefficient (Wildman–Crippen LogP) is 1.50. The molecule has 27 heavy (non-hydrogen) atoms. The van der Waals surface area contributed by atoms with Gasteiger partial charge >= 0.3 is 6.03 Å². The molecule has 2 heterocycles. The average Bonchev–Trinajstić information content (AvgIpc) is 3.22. The standard InChI is InChI=1S/C20H26N4O3/c1-23-19(27)24(18(26)20(23)7-3-2-4-8-20)13-17(25)22-10-14-5-6-15-11-21-12-16(15)9-14/h5-6,9,21H,2-4,7-8,10-13H2,1H3,(H,22,25). The molecule has 1 aromatic carbocycles. The van der Waals surface area contributed by atoms with Gasteiger partial charge in [0.05, 0.1) is 0 Å². The third-order valence-electron chi connectivity index (χ3n) is 6.18. The third kappa shape index (κ3) is 3.10. The van der Waals surface area contributed by atoms with Crippen LogP contribution in [0.4, 0.5) is 4.79 Å². The zero-order chi connectivity index (χ0) is 19.0. The smallest absolute Gasteiger partial charge is 0.327 e. The molecule has 0 bridgehead atoms. The molecule has 0 atom stereocenters. The highest BCUT2D eigenvalue weighted by Crippen LogP contribution is 2.39. The van der Waals surface area contributed by atoms with Crippen LogP contribution in [-0.4, -0.2) is 46.8 Å². The van der Waals surface area contributed by atoms with E-state index in [2.05, 4.69) is 22.8 Å². The van der Waals surface area contributed by atoms with Crippen molar-refractivity contribution in [3.05, 3.63) is 34.9 Å². The molecule has 2 fully saturated rings. The van der Waals surface area contributed by atoms with E-state index in [0.717, 1.165) is 42.8 Å². The summed E-state index contributed by atoms with van der Waals surface area (Å²) in [6.45, 7) is 1.91. The summed E-state index contributed by atoms with van der Waals surface area (Å²) in [5.74, 6) is -0.523. The number of amides is 4. The van der Waals surface area contributed by atoms with Gasteiger partial charge in [-0.25, -0.2) is 4.79 Å². The van der Waals surface area contributed by atoms with Crippen molar-refractivity contribution in [3.8, 4) is 0 Å². The fourth-order valence-electron chi connectivity index (χ4n) is 4.53. The number of nitrogens with one attached hydrogen (secondary N) is 2. The second kappa shape index (κ2) is 6.96. The number of carbonyl (C=O) groups excluding carboxylic acids is 3. The lowest BCUT2D eigenvalue weighted by Crippen LogP contribution is -2.49. The van der Waals surface area contributed by atoms with Crippen molar-refractivity contribution in [2.45, 2.75) is 57.3 Å². The van der Waals surface area contributed by atoms with Crippen LogP contribution in [-0.2, 0) is 29.2 Å². The van der Waals surface area contributed by atoms with Crippen LogP contribution < -0.4 is 10.6 Å². The van der Waals surface area contributed by atoms with Crippen molar-refractivity contribution >= 4 is 17.8 Å². The normalized spacial score (nSPS) is 21.1. The molecule has 4 amide bonds. The van der Waals surface area contributed by atoms with Crippen LogP contribution in [0.2, 0.25) is 0 Å². The molecule has 144 valence electrons. The van der Waals surface area contributed by atoms with E-state index in [1.54, 1.807) is 11.9 Å². The number of nitrogens with zero attached hydrogens (tertiary/aromatic N) is 2. The molecule has 3 aliphatic rings. The fraction of sp³-hybridized carbons (Fsp3) is 0.550. The number of fused-ring (bicyclic) bond motifs is 1. The summed E-state index contributed by atoms with van der Waals surface area (Å²) in [6, 6.07) is 5.81. The van der Waals surface area contributed by atoms with Crippen molar-refractivity contribution < 1.29 is 14.4 Å². The van der Waals surface area contributed by atoms with Gasteiger partial charge in [-0.05, 0) is 29.5 Å². The molecule has 0 radical (unpaired) electrons. The summed E-state index contributed by atoms with van der Waals surface area (Å²) in [5, 5.41) is 6.14. The molecule has 2 N–H and O–H groups in total. The molecule has 0 unspecified atom stereocenters. The largest absolute Gasteiger partial charge is 0.350 e. The van der Waals surface area contributed by atoms with Crippen molar-refractivity contribution in [2.75, 3.05) is 13.6 Å². The Morgan fingerprint density at radius 1 is 1.15 bits per heavy atom. The van der Waals surface area contributed by atoms with Crippen molar-refractivity contribution in [3.63, 3.8) is 0 Å². The quantitative estimate of drug-likeness (QED) is 0.787. The van der Waals surface area contributed by atoms with Gasteiger partial charge in [-0.3, -0.25) is 14.5 Å². The van der Waals surface area contributed by atoms with Gasteiger partial charge in [0, 0.05) is 26.7 Å². The van der Waals surface area contributed by atoms with Crippen LogP contribution in [0, 0.1) is 0 Å². The number of hydrogen-bond acceptors (Lipinski definition) is 4. The van der Waals surface area contributed by atoms with Crippen LogP contribution in [0.25, 0.3) is 0 Å². The van der Waals surface area contributed by atoms with Crippen LogP contribution >= 0.6 is 0 Å². The van der Waals surface area contributed by atoms with Gasteiger partial charge < -0.3 is 15.5 Å². The van der Waals surface area contributed by atoms with E-state index >= 15 is 0 Å². The van der Waals surface area contributed by atoms with E-state index in [-0.39, 0.29) is 24.4 Å². The summed E-state index contributed by atoms with van der Waals surface area (Å²) in [7, 11) is 1.68. The van der Waals surface area contributed by atoms with Crippen LogP contribution in [0.15, 0.2) is 18.2 Å². The second-order valence-corrected chi connectivity index (χ2v) is 7.81. The second-order valence-electron chi connectivity index (χ2n) is 7.81. The number of benzene rings is 1. The Morgan fingerprint density at radius 3 is 2.67 bits per heavy atom. The maximum absolute atomic E-state index is 12.9. The first-order valence-electron chi connectivity index (χ1n) is 9.69. The molecule has 0 aromatic heterocycles. The molecule has 2 aliphatic heterocycles. The minimum Gasteiger partial charge on any atom is -0.350 e. The number of hydrogen-bond donors (Lipinski definition) is 2. The molecule has 1 spiro atoms. The minimum atomic E-state index is -0.734. The Balaban J connectivity index is 1.38. The molecule has 4 rings (SSSR count). The first-order valence-corrected chi connectivity index (χ1v) is 9.69. The lowest BCUT2D eigenvalue weighted by Gasteiger charge is -2.35. The number of rotatable bonds is 4. The maximum atomic E-state index is 12.9. The highest BCUT2D eigenvalue weighted by Gasteiger charge is 2.55. The number of likely N-dealkylation sites (N-methyl/N-ethyl adjacent to an activating group) is 1. The number of imide groups is 1. The summed E-state index contributed by atoms with van der Waals surface area (Å²) in [4.78, 5) is 40.5. The predicted molar refractivity (Wildman–Crippen MR) is 99.5 cm³/mol. The topological polar surface area (TPSA) is 81.8 Å². The molecule has 1 aromatic rings. The van der Waals surface area contributed by atoms with Crippen LogP contribution in [0.3, 0.4) is 0 Å². The Bertz CT molecular complexity index is 785. The Morgan fingerprint density at radius 2 is 1.89 bits per heavy atom. The van der Waals surface area contributed by atoms with Gasteiger partial charge in [0.1, 0.15) is 12.1 Å². The van der Waals surface area contributed by atoms with Crippen LogP contribution in [0.5, 0.6) is 0 Å². The van der Waals surface area contributed by atoms with Gasteiger partial charge in [-0.2, -0.15) is 0 Å². The van der Waals surface area contributed by atoms with Gasteiger partial charge in [-0.15, -0.1) is 0 Å². The lowest BCUT2D eigenvalue weighted by molar-refractivity contribution is -0.137. The minimum absolute atomic E-state index is 0.212. The third-order valence-corrected chi connectivity index (χ3v) is 6.18. The fourth-order valence-corrected chi connectivity index (χ4v) is 4.53. The molecule has 7 nitrogen and oxygen atoms in total. The molecular formula is C20H26N4O3. The highest BCUT2D eigenvalue weighted by molar-refractivity contribution is 6.08. The van der Waals surface area contributed by atoms with Crippen molar-refractivity contribution in [1.29, 1.82) is 0 Å². The van der Waals surface area contributed by atoms with Gasteiger partial charge in [-0.1, -0.05) is 37.5 Å². The molecule has 1 saturated carbocycles. The molecular weight excluding hydrogens is 344 g/mol. The lowest BCUT2D eigenvalue weighted by atomic mass is 9.81. The Kier molecular flexibility index (Phi) is 4.63. The number of carbonyl (C=O) groups is 3.